The summed E-state index contributed by atoms with van der Waals surface area (Å²) in [6.45, 7) is 18.3. The third-order valence-electron chi connectivity index (χ3n) is 11.5. The van der Waals surface area contributed by atoms with E-state index < -0.39 is 0 Å². The Morgan fingerprint density at radius 2 is 0.927 bits per heavy atom. The molecular formula is C48H56N4S2Zn. The summed E-state index contributed by atoms with van der Waals surface area (Å²) in [7, 11) is 0. The van der Waals surface area contributed by atoms with Crippen molar-refractivity contribution in [3.8, 4) is 20.9 Å². The maximum absolute atomic E-state index is 5.63. The summed E-state index contributed by atoms with van der Waals surface area (Å²) in [5.74, 6) is 0. The molecule has 0 amide bonds. The van der Waals surface area contributed by atoms with Gasteiger partial charge in [0.15, 0.2) is 0 Å². The summed E-state index contributed by atoms with van der Waals surface area (Å²) in [6.07, 6.45) is 13.0. The molecule has 0 saturated heterocycles. The molecule has 0 fully saturated rings. The average Bonchev–Trinajstić information content (AvgIpc) is 4.03. The first-order chi connectivity index (χ1) is 26.3. The number of hydrogen-bond acceptors (Lipinski definition) is 4. The van der Waals surface area contributed by atoms with E-state index in [0.717, 1.165) is 133 Å². The Bertz CT molecular complexity index is 2200. The SMILES string of the molecule is CCCCC1=C(C)c2nc1cc1[n-]c(c(C)c1CCCC)c(-c1cccs1)c1nc(cc3[n-]c(c(C)c3CCCC)c2-c2cccs2)C(CCCC)=C1C.[Zn+2]. The van der Waals surface area contributed by atoms with Crippen LogP contribution in [0, 0.1) is 13.8 Å². The van der Waals surface area contributed by atoms with Crippen molar-refractivity contribution in [2.24, 2.45) is 0 Å². The van der Waals surface area contributed by atoms with E-state index in [1.54, 1.807) is 22.7 Å². The second kappa shape index (κ2) is 18.3. The van der Waals surface area contributed by atoms with Gasteiger partial charge in [0, 0.05) is 20.9 Å². The molecule has 8 bridgehead atoms. The largest absolute Gasteiger partial charge is 2.00 e. The van der Waals surface area contributed by atoms with E-state index >= 15 is 0 Å². The monoisotopic (exact) mass is 816 g/mol. The molecule has 0 radical (unpaired) electrons. The van der Waals surface area contributed by atoms with Gasteiger partial charge in [-0.05, 0) is 124 Å². The van der Waals surface area contributed by atoms with Crippen LogP contribution in [0.25, 0.3) is 65.2 Å². The topological polar surface area (TPSA) is 54.0 Å². The second-order valence-corrected chi connectivity index (χ2v) is 17.1. The average molecular weight is 819 g/mol. The van der Waals surface area contributed by atoms with Crippen LogP contribution < -0.4 is 9.97 Å². The Morgan fingerprint density at radius 1 is 0.545 bits per heavy atom. The Hall–Kier alpha value is -3.38. The van der Waals surface area contributed by atoms with Gasteiger partial charge in [-0.1, -0.05) is 99.9 Å². The van der Waals surface area contributed by atoms with Crippen molar-refractivity contribution in [3.63, 3.8) is 0 Å². The minimum Gasteiger partial charge on any atom is -0.657 e. The first-order valence-electron chi connectivity index (χ1n) is 20.5. The molecule has 2 aliphatic rings. The van der Waals surface area contributed by atoms with E-state index in [0.29, 0.717) is 0 Å². The van der Waals surface area contributed by atoms with Gasteiger partial charge in [-0.15, -0.1) is 44.7 Å². The summed E-state index contributed by atoms with van der Waals surface area (Å²) < 4.78 is 0. The molecule has 7 rings (SSSR count). The van der Waals surface area contributed by atoms with Gasteiger partial charge < -0.3 is 9.97 Å². The molecule has 5 aromatic rings. The van der Waals surface area contributed by atoms with Gasteiger partial charge in [-0.2, -0.15) is 0 Å². The van der Waals surface area contributed by atoms with Gasteiger partial charge in [0.05, 0.1) is 22.8 Å². The summed E-state index contributed by atoms with van der Waals surface area (Å²) in [5, 5.41) is 4.37. The van der Waals surface area contributed by atoms with Crippen LogP contribution in [-0.4, -0.2) is 9.97 Å². The van der Waals surface area contributed by atoms with E-state index in [9.17, 15) is 0 Å². The van der Waals surface area contributed by atoms with Crippen LogP contribution in [0.1, 0.15) is 151 Å². The van der Waals surface area contributed by atoms with Crippen molar-refractivity contribution >= 4 is 67.0 Å². The molecule has 0 aromatic carbocycles. The van der Waals surface area contributed by atoms with Crippen LogP contribution in [0.3, 0.4) is 0 Å². The molecule has 7 heterocycles. The van der Waals surface area contributed by atoms with Crippen molar-refractivity contribution in [1.29, 1.82) is 0 Å². The van der Waals surface area contributed by atoms with Gasteiger partial charge >= 0.3 is 19.5 Å². The fourth-order valence-electron chi connectivity index (χ4n) is 8.35. The Morgan fingerprint density at radius 3 is 1.27 bits per heavy atom. The molecule has 0 atom stereocenters. The Balaban J connectivity index is 0.00000514. The summed E-state index contributed by atoms with van der Waals surface area (Å²) in [5.41, 5.74) is 21.3. The summed E-state index contributed by atoms with van der Waals surface area (Å²) >= 11 is 3.57. The fraction of sp³-hybridized carbons (Fsp3) is 0.417. The maximum atomic E-state index is 5.63. The predicted molar refractivity (Wildman–Crippen MR) is 236 cm³/mol. The first kappa shape index (κ1) is 41.3. The van der Waals surface area contributed by atoms with Gasteiger partial charge in [0.1, 0.15) is 0 Å². The minimum atomic E-state index is 0. The number of hydrogen-bond donors (Lipinski definition) is 0. The van der Waals surface area contributed by atoms with Crippen LogP contribution in [0.4, 0.5) is 0 Å². The molecule has 0 saturated carbocycles. The van der Waals surface area contributed by atoms with E-state index in [-0.39, 0.29) is 19.5 Å². The Kier molecular flexibility index (Phi) is 13.7. The van der Waals surface area contributed by atoms with E-state index in [1.807, 2.05) is 0 Å². The first-order valence-corrected chi connectivity index (χ1v) is 22.2. The van der Waals surface area contributed by atoms with Crippen molar-refractivity contribution in [3.05, 3.63) is 92.2 Å². The normalized spacial score (nSPS) is 12.9. The molecule has 282 valence electrons. The zero-order chi connectivity index (χ0) is 37.9. The van der Waals surface area contributed by atoms with Crippen LogP contribution >= 0.6 is 22.7 Å². The van der Waals surface area contributed by atoms with E-state index in [1.165, 1.54) is 54.3 Å². The quantitative estimate of drug-likeness (QED) is 0.105. The molecule has 0 unspecified atom stereocenters. The number of unbranched alkanes of at least 4 members (excludes halogenated alkanes) is 4. The number of aromatic nitrogens is 4. The number of allylic oxidation sites excluding steroid dienone is 4. The molecule has 55 heavy (non-hydrogen) atoms. The number of fused-ring (bicyclic) bond motifs is 8. The van der Waals surface area contributed by atoms with Gasteiger partial charge in [-0.25, -0.2) is 9.97 Å². The molecule has 5 aromatic heterocycles. The van der Waals surface area contributed by atoms with Crippen LogP contribution in [0.2, 0.25) is 0 Å². The fourth-order valence-corrected chi connectivity index (χ4v) is 9.89. The molecule has 2 aliphatic heterocycles. The number of thiophene rings is 2. The maximum Gasteiger partial charge on any atom is 2.00 e. The van der Waals surface area contributed by atoms with Crippen LogP contribution in [-0.2, 0) is 32.3 Å². The molecule has 0 aliphatic carbocycles. The predicted octanol–water partition coefficient (Wildman–Crippen LogP) is 14.6. The third kappa shape index (κ3) is 7.96. The molecule has 0 spiro atoms. The zero-order valence-electron chi connectivity index (χ0n) is 34.4. The van der Waals surface area contributed by atoms with Crippen molar-refractivity contribution in [2.45, 2.75) is 132 Å². The smallest absolute Gasteiger partial charge is 0.657 e. The molecular weight excluding hydrogens is 762 g/mol. The molecule has 7 heteroatoms. The second-order valence-electron chi connectivity index (χ2n) is 15.2. The molecule has 0 N–H and O–H groups in total. The van der Waals surface area contributed by atoms with E-state index in [4.69, 9.17) is 19.9 Å². The number of rotatable bonds is 14. The van der Waals surface area contributed by atoms with Gasteiger partial charge in [0.25, 0.3) is 0 Å². The Labute approximate surface area is 349 Å². The van der Waals surface area contributed by atoms with Crippen molar-refractivity contribution < 1.29 is 19.5 Å². The standard InChI is InChI=1S/C48H56N4S2.Zn/c1-9-13-19-33-29(5)45-43(41-23-17-25-53-41)46-31(7)35(21-15-11-3)39(51-46)28-40-36(22-16-12-4)32(8)48(52-40)44(42-24-18-26-54-42)47-30(6)34(20-14-10-2)38(50-47)27-37(33)49-45;/h17-18,23-28H,9-16,19-22H2,1-8H3;/q-2;+2. The van der Waals surface area contributed by atoms with Crippen LogP contribution in [0.15, 0.2) is 47.2 Å². The third-order valence-corrected chi connectivity index (χ3v) is 13.3. The van der Waals surface area contributed by atoms with Gasteiger partial charge in [-0.3, -0.25) is 0 Å². The van der Waals surface area contributed by atoms with Crippen LogP contribution in [0.5, 0.6) is 0 Å². The number of nitrogens with zero attached hydrogens (tertiary/aromatic N) is 4. The van der Waals surface area contributed by atoms with Crippen molar-refractivity contribution in [1.82, 2.24) is 19.9 Å². The van der Waals surface area contributed by atoms with Gasteiger partial charge in [0.2, 0.25) is 0 Å². The summed E-state index contributed by atoms with van der Waals surface area (Å²) in [6, 6.07) is 13.5. The molecule has 4 nitrogen and oxygen atoms in total. The summed E-state index contributed by atoms with van der Waals surface area (Å²) in [4.78, 5) is 25.0. The van der Waals surface area contributed by atoms with Crippen molar-refractivity contribution in [2.75, 3.05) is 0 Å². The number of aryl methyl sites for hydroxylation is 4. The zero-order valence-corrected chi connectivity index (χ0v) is 39.0. The minimum absolute atomic E-state index is 0. The van der Waals surface area contributed by atoms with E-state index in [2.05, 4.69) is 103 Å².